The standard InChI is InChI=1S/C24H23F3N4O2S/c25-24(26,27)18-5-8-21(28-13-18)30-9-11-31(12-10-30)23(32)17-3-6-19(7-4-17)33-14-22-29-20(15-34-22)16-1-2-16/h3-8,13,15-16H,1-2,9-12,14H2. The van der Waals surface area contributed by atoms with Crippen molar-refractivity contribution in [1.82, 2.24) is 14.9 Å². The Balaban J connectivity index is 1.12. The van der Waals surface area contributed by atoms with Crippen LogP contribution in [0.25, 0.3) is 0 Å². The number of anilines is 1. The van der Waals surface area contributed by atoms with Crippen LogP contribution in [-0.2, 0) is 12.8 Å². The van der Waals surface area contributed by atoms with E-state index in [0.29, 0.717) is 55.8 Å². The lowest BCUT2D eigenvalue weighted by atomic mass is 10.1. The molecule has 1 aromatic carbocycles. The summed E-state index contributed by atoms with van der Waals surface area (Å²) in [4.78, 5) is 25.1. The second-order valence-corrected chi connectivity index (χ2v) is 9.38. The molecule has 0 radical (unpaired) electrons. The summed E-state index contributed by atoms with van der Waals surface area (Å²) in [5, 5.41) is 3.05. The van der Waals surface area contributed by atoms with Crippen LogP contribution in [0.2, 0.25) is 0 Å². The Labute approximate surface area is 199 Å². The lowest BCUT2D eigenvalue weighted by molar-refractivity contribution is -0.137. The van der Waals surface area contributed by atoms with E-state index in [1.54, 1.807) is 40.5 Å². The van der Waals surface area contributed by atoms with E-state index < -0.39 is 11.7 Å². The van der Waals surface area contributed by atoms with Crippen molar-refractivity contribution in [2.24, 2.45) is 0 Å². The first-order valence-electron chi connectivity index (χ1n) is 11.1. The molecule has 3 heterocycles. The quantitative estimate of drug-likeness (QED) is 0.490. The van der Waals surface area contributed by atoms with Crippen LogP contribution in [0.1, 0.15) is 45.4 Å². The molecule has 0 atom stereocenters. The van der Waals surface area contributed by atoms with Gasteiger partial charge in [0.05, 0.1) is 11.3 Å². The van der Waals surface area contributed by atoms with Gasteiger partial charge in [0.1, 0.15) is 23.2 Å². The fourth-order valence-corrected chi connectivity index (χ4v) is 4.65. The second-order valence-electron chi connectivity index (χ2n) is 8.44. The third-order valence-electron chi connectivity index (χ3n) is 5.99. The number of rotatable bonds is 6. The van der Waals surface area contributed by atoms with E-state index in [-0.39, 0.29) is 5.91 Å². The number of benzene rings is 1. The molecule has 34 heavy (non-hydrogen) atoms. The van der Waals surface area contributed by atoms with Crippen molar-refractivity contribution in [3.8, 4) is 5.75 Å². The van der Waals surface area contributed by atoms with Crippen molar-refractivity contribution in [3.05, 3.63) is 69.8 Å². The maximum absolute atomic E-state index is 12.9. The van der Waals surface area contributed by atoms with Crippen LogP contribution in [0, 0.1) is 0 Å². The van der Waals surface area contributed by atoms with Crippen LogP contribution in [0.5, 0.6) is 5.75 Å². The van der Waals surface area contributed by atoms with Crippen LogP contribution in [0.3, 0.4) is 0 Å². The van der Waals surface area contributed by atoms with E-state index in [0.717, 1.165) is 17.3 Å². The third-order valence-corrected chi connectivity index (χ3v) is 6.84. The zero-order chi connectivity index (χ0) is 23.7. The van der Waals surface area contributed by atoms with Crippen LogP contribution in [0.15, 0.2) is 48.0 Å². The number of hydrogen-bond acceptors (Lipinski definition) is 6. The monoisotopic (exact) mass is 488 g/mol. The van der Waals surface area contributed by atoms with E-state index in [9.17, 15) is 18.0 Å². The fourth-order valence-electron chi connectivity index (χ4n) is 3.86. The van der Waals surface area contributed by atoms with E-state index >= 15 is 0 Å². The van der Waals surface area contributed by atoms with Gasteiger partial charge in [-0.2, -0.15) is 13.2 Å². The van der Waals surface area contributed by atoms with Gasteiger partial charge in [-0.3, -0.25) is 4.79 Å². The molecule has 2 fully saturated rings. The summed E-state index contributed by atoms with van der Waals surface area (Å²) < 4.78 is 44.0. The molecule has 1 saturated heterocycles. The number of halogens is 3. The zero-order valence-corrected chi connectivity index (χ0v) is 19.1. The number of carbonyl (C=O) groups excluding carboxylic acids is 1. The number of thiazole rings is 1. The number of aromatic nitrogens is 2. The van der Waals surface area contributed by atoms with Gasteiger partial charge in [0.2, 0.25) is 0 Å². The van der Waals surface area contributed by atoms with Gasteiger partial charge in [-0.1, -0.05) is 0 Å². The zero-order valence-electron chi connectivity index (χ0n) is 18.3. The number of piperazine rings is 1. The Bertz CT molecular complexity index is 1140. The summed E-state index contributed by atoms with van der Waals surface area (Å²) in [6.45, 7) is 2.34. The van der Waals surface area contributed by atoms with Gasteiger partial charge < -0.3 is 14.5 Å². The van der Waals surface area contributed by atoms with Crippen molar-refractivity contribution in [1.29, 1.82) is 0 Å². The third kappa shape index (κ3) is 5.16. The van der Waals surface area contributed by atoms with Gasteiger partial charge in [-0.05, 0) is 49.2 Å². The average molecular weight is 489 g/mol. The van der Waals surface area contributed by atoms with Crippen molar-refractivity contribution < 1.29 is 22.7 Å². The van der Waals surface area contributed by atoms with Gasteiger partial charge >= 0.3 is 6.18 Å². The molecule has 0 N–H and O–H groups in total. The van der Waals surface area contributed by atoms with Crippen molar-refractivity contribution >= 4 is 23.1 Å². The number of hydrogen-bond donors (Lipinski definition) is 0. The summed E-state index contributed by atoms with van der Waals surface area (Å²) in [6, 6.07) is 9.47. The second kappa shape index (κ2) is 9.25. The molecule has 1 saturated carbocycles. The van der Waals surface area contributed by atoms with Crippen LogP contribution in [0.4, 0.5) is 19.0 Å². The Morgan fingerprint density at radius 3 is 2.41 bits per heavy atom. The molecule has 2 aliphatic rings. The molecule has 178 valence electrons. The molecular formula is C24H23F3N4O2S. The van der Waals surface area contributed by atoms with Crippen molar-refractivity contribution in [3.63, 3.8) is 0 Å². The molecule has 5 rings (SSSR count). The van der Waals surface area contributed by atoms with E-state index in [1.807, 2.05) is 4.90 Å². The maximum Gasteiger partial charge on any atom is 0.417 e. The summed E-state index contributed by atoms with van der Waals surface area (Å²) in [7, 11) is 0. The normalized spacial score (nSPS) is 16.6. The van der Waals surface area contributed by atoms with Crippen LogP contribution < -0.4 is 9.64 Å². The number of ether oxygens (including phenoxy) is 1. The molecule has 3 aromatic rings. The molecule has 1 aliphatic carbocycles. The van der Waals surface area contributed by atoms with Crippen molar-refractivity contribution in [2.75, 3.05) is 31.1 Å². The molecule has 1 amide bonds. The molecule has 2 aromatic heterocycles. The summed E-state index contributed by atoms with van der Waals surface area (Å²) in [6.07, 6.45) is -1.12. The molecule has 0 unspecified atom stereocenters. The molecule has 1 aliphatic heterocycles. The number of carbonyl (C=O) groups is 1. The highest BCUT2D eigenvalue weighted by Crippen LogP contribution is 2.40. The summed E-state index contributed by atoms with van der Waals surface area (Å²) in [5.41, 5.74) is 0.963. The van der Waals surface area contributed by atoms with Gasteiger partial charge in [0.25, 0.3) is 5.91 Å². The maximum atomic E-state index is 12.9. The largest absolute Gasteiger partial charge is 0.486 e. The molecule has 10 heteroatoms. The van der Waals surface area contributed by atoms with Gasteiger partial charge in [-0.15, -0.1) is 11.3 Å². The molecule has 0 bridgehead atoms. The van der Waals surface area contributed by atoms with Crippen LogP contribution >= 0.6 is 11.3 Å². The Hall–Kier alpha value is -3.14. The lowest BCUT2D eigenvalue weighted by Crippen LogP contribution is -2.49. The Kier molecular flexibility index (Phi) is 6.16. The predicted octanol–water partition coefficient (Wildman–Crippen LogP) is 4.98. The van der Waals surface area contributed by atoms with E-state index in [1.165, 1.54) is 24.6 Å². The highest BCUT2D eigenvalue weighted by atomic mass is 32.1. The molecular weight excluding hydrogens is 465 g/mol. The van der Waals surface area contributed by atoms with Crippen molar-refractivity contribution in [2.45, 2.75) is 31.5 Å². The topological polar surface area (TPSA) is 58.6 Å². The first kappa shape index (κ1) is 22.6. The minimum Gasteiger partial charge on any atom is -0.486 e. The highest BCUT2D eigenvalue weighted by Gasteiger charge is 2.31. The Morgan fingerprint density at radius 1 is 1.06 bits per heavy atom. The molecule has 6 nitrogen and oxygen atoms in total. The van der Waals surface area contributed by atoms with E-state index in [4.69, 9.17) is 4.74 Å². The average Bonchev–Trinajstić information content (AvgIpc) is 3.60. The number of pyridine rings is 1. The number of amides is 1. The van der Waals surface area contributed by atoms with E-state index in [2.05, 4.69) is 15.3 Å². The first-order chi connectivity index (χ1) is 16.4. The minimum absolute atomic E-state index is 0.0828. The number of alkyl halides is 3. The predicted molar refractivity (Wildman–Crippen MR) is 122 cm³/mol. The van der Waals surface area contributed by atoms with Crippen LogP contribution in [-0.4, -0.2) is 47.0 Å². The summed E-state index contributed by atoms with van der Waals surface area (Å²) in [5.74, 6) is 1.70. The Morgan fingerprint density at radius 2 is 1.79 bits per heavy atom. The van der Waals surface area contributed by atoms with Gasteiger partial charge in [0.15, 0.2) is 0 Å². The van der Waals surface area contributed by atoms with Gasteiger partial charge in [-0.25, -0.2) is 9.97 Å². The summed E-state index contributed by atoms with van der Waals surface area (Å²) >= 11 is 1.61. The fraction of sp³-hybridized carbons (Fsp3) is 0.375. The smallest absolute Gasteiger partial charge is 0.417 e. The first-order valence-corrected chi connectivity index (χ1v) is 12.0. The van der Waals surface area contributed by atoms with Gasteiger partial charge in [0, 0.05) is 49.2 Å². The molecule has 0 spiro atoms. The minimum atomic E-state index is -4.41. The lowest BCUT2D eigenvalue weighted by Gasteiger charge is -2.35. The number of nitrogens with zero attached hydrogens (tertiary/aromatic N) is 4. The highest BCUT2D eigenvalue weighted by molar-refractivity contribution is 7.09. The SMILES string of the molecule is O=C(c1ccc(OCc2nc(C3CC3)cs2)cc1)N1CCN(c2ccc(C(F)(F)F)cn2)CC1.